The monoisotopic (exact) mass is 386 g/mol. The molecule has 0 aliphatic carbocycles. The zero-order valence-corrected chi connectivity index (χ0v) is 17.1. The Morgan fingerprint density at radius 1 is 1.07 bits per heavy atom. The quantitative estimate of drug-likeness (QED) is 0.775. The average molecular weight is 387 g/mol. The van der Waals surface area contributed by atoms with Crippen LogP contribution in [0, 0.1) is 0 Å². The molecule has 2 heterocycles. The largest absolute Gasteiger partial charge is 0.353 e. The molecule has 0 spiro atoms. The third-order valence-electron chi connectivity index (χ3n) is 5.95. The summed E-state index contributed by atoms with van der Waals surface area (Å²) in [5, 5.41) is 3.10. The highest BCUT2D eigenvalue weighted by molar-refractivity contribution is 5.88. The predicted molar refractivity (Wildman–Crippen MR) is 111 cm³/mol. The third-order valence-corrected chi connectivity index (χ3v) is 5.95. The van der Waals surface area contributed by atoms with Crippen LogP contribution in [-0.4, -0.2) is 78.4 Å². The fourth-order valence-corrected chi connectivity index (χ4v) is 4.12. The number of carbonyl (C=O) groups is 2. The molecule has 3 rings (SSSR count). The van der Waals surface area contributed by atoms with Crippen molar-refractivity contribution >= 4 is 11.8 Å². The molecule has 0 radical (unpaired) electrons. The van der Waals surface area contributed by atoms with E-state index in [-0.39, 0.29) is 17.9 Å². The third kappa shape index (κ3) is 5.79. The first-order valence-corrected chi connectivity index (χ1v) is 10.7. The first-order chi connectivity index (χ1) is 13.7. The van der Waals surface area contributed by atoms with Gasteiger partial charge in [0.2, 0.25) is 11.8 Å². The summed E-state index contributed by atoms with van der Waals surface area (Å²) >= 11 is 0. The minimum Gasteiger partial charge on any atom is -0.353 e. The standard InChI is InChI=1S/C22H34N4O2/c1-2-24-14-16-25(17-15-24)13-12-23-22(28)20-10-6-7-11-21(27)26(20)18-19-8-4-3-5-9-19/h3-5,8-9,20H,2,6-7,10-18H2,1H3,(H,23,28). The summed E-state index contributed by atoms with van der Waals surface area (Å²) in [6.45, 7) is 9.67. The summed E-state index contributed by atoms with van der Waals surface area (Å²) in [4.78, 5) is 32.2. The molecule has 28 heavy (non-hydrogen) atoms. The van der Waals surface area contributed by atoms with Crippen molar-refractivity contribution in [2.45, 2.75) is 45.2 Å². The Balaban J connectivity index is 1.52. The highest BCUT2D eigenvalue weighted by Crippen LogP contribution is 2.20. The summed E-state index contributed by atoms with van der Waals surface area (Å²) in [6.07, 6.45) is 3.08. The Labute approximate surface area is 168 Å². The predicted octanol–water partition coefficient (Wildman–Crippen LogP) is 1.71. The summed E-state index contributed by atoms with van der Waals surface area (Å²) < 4.78 is 0. The molecule has 154 valence electrons. The van der Waals surface area contributed by atoms with Gasteiger partial charge in [-0.25, -0.2) is 0 Å². The van der Waals surface area contributed by atoms with E-state index in [0.717, 1.165) is 64.1 Å². The number of likely N-dealkylation sites (N-methyl/N-ethyl adjacent to an activating group) is 1. The lowest BCUT2D eigenvalue weighted by molar-refractivity contribution is -0.140. The lowest BCUT2D eigenvalue weighted by Gasteiger charge is -2.34. The van der Waals surface area contributed by atoms with Crippen LogP contribution >= 0.6 is 0 Å². The molecule has 1 N–H and O–H groups in total. The molecule has 2 fully saturated rings. The summed E-state index contributed by atoms with van der Waals surface area (Å²) in [5.41, 5.74) is 1.07. The zero-order valence-electron chi connectivity index (χ0n) is 17.1. The Hall–Kier alpha value is -1.92. The van der Waals surface area contributed by atoms with E-state index in [0.29, 0.717) is 19.5 Å². The molecule has 2 aliphatic rings. The van der Waals surface area contributed by atoms with Crippen molar-refractivity contribution in [2.75, 3.05) is 45.8 Å². The fraction of sp³-hybridized carbons (Fsp3) is 0.636. The maximum Gasteiger partial charge on any atom is 0.242 e. The van der Waals surface area contributed by atoms with Gasteiger partial charge >= 0.3 is 0 Å². The maximum atomic E-state index is 12.9. The highest BCUT2D eigenvalue weighted by Gasteiger charge is 2.31. The molecule has 2 amide bonds. The van der Waals surface area contributed by atoms with Gasteiger partial charge in [-0.1, -0.05) is 43.7 Å². The van der Waals surface area contributed by atoms with E-state index in [2.05, 4.69) is 22.0 Å². The number of amides is 2. The van der Waals surface area contributed by atoms with Crippen LogP contribution in [0.2, 0.25) is 0 Å². The highest BCUT2D eigenvalue weighted by atomic mass is 16.2. The average Bonchev–Trinajstić information content (AvgIpc) is 2.91. The number of benzene rings is 1. The van der Waals surface area contributed by atoms with Gasteiger partial charge in [-0.15, -0.1) is 0 Å². The van der Waals surface area contributed by atoms with Crippen LogP contribution in [0.3, 0.4) is 0 Å². The number of rotatable bonds is 7. The van der Waals surface area contributed by atoms with E-state index >= 15 is 0 Å². The molecule has 1 aromatic carbocycles. The van der Waals surface area contributed by atoms with Crippen LogP contribution in [0.15, 0.2) is 30.3 Å². The molecule has 6 nitrogen and oxygen atoms in total. The van der Waals surface area contributed by atoms with Crippen LogP contribution in [0.5, 0.6) is 0 Å². The topological polar surface area (TPSA) is 55.9 Å². The Morgan fingerprint density at radius 3 is 2.50 bits per heavy atom. The number of hydrogen-bond acceptors (Lipinski definition) is 4. The lowest BCUT2D eigenvalue weighted by atomic mass is 10.1. The van der Waals surface area contributed by atoms with Crippen molar-refractivity contribution in [3.63, 3.8) is 0 Å². The van der Waals surface area contributed by atoms with Gasteiger partial charge in [-0.2, -0.15) is 0 Å². The van der Waals surface area contributed by atoms with Crippen LogP contribution in [0.4, 0.5) is 0 Å². The number of carbonyl (C=O) groups excluding carboxylic acids is 2. The number of nitrogens with zero attached hydrogens (tertiary/aromatic N) is 3. The van der Waals surface area contributed by atoms with Crippen molar-refractivity contribution in [1.82, 2.24) is 20.0 Å². The molecule has 1 atom stereocenters. The van der Waals surface area contributed by atoms with Gasteiger partial charge in [0.1, 0.15) is 6.04 Å². The van der Waals surface area contributed by atoms with E-state index < -0.39 is 0 Å². The SMILES string of the molecule is CCN1CCN(CCNC(=O)C2CCCCC(=O)N2Cc2ccccc2)CC1. The molecular formula is C22H34N4O2. The number of likely N-dealkylation sites (tertiary alicyclic amines) is 1. The summed E-state index contributed by atoms with van der Waals surface area (Å²) in [5.74, 6) is 0.0931. The molecular weight excluding hydrogens is 352 g/mol. The number of nitrogens with one attached hydrogen (secondary N) is 1. The second-order valence-electron chi connectivity index (χ2n) is 7.84. The molecule has 2 aliphatic heterocycles. The van der Waals surface area contributed by atoms with Gasteiger partial charge in [0.05, 0.1) is 0 Å². The van der Waals surface area contributed by atoms with E-state index in [1.165, 1.54) is 0 Å². The molecule has 0 aromatic heterocycles. The first-order valence-electron chi connectivity index (χ1n) is 10.7. The zero-order chi connectivity index (χ0) is 19.8. The summed E-state index contributed by atoms with van der Waals surface area (Å²) in [6, 6.07) is 9.60. The van der Waals surface area contributed by atoms with Gasteiger partial charge in [0.25, 0.3) is 0 Å². The second-order valence-corrected chi connectivity index (χ2v) is 7.84. The van der Waals surface area contributed by atoms with E-state index in [1.807, 2.05) is 30.3 Å². The van der Waals surface area contributed by atoms with Crippen molar-refractivity contribution in [3.8, 4) is 0 Å². The van der Waals surface area contributed by atoms with Gasteiger partial charge in [-0.3, -0.25) is 14.5 Å². The van der Waals surface area contributed by atoms with Crippen LogP contribution in [0.25, 0.3) is 0 Å². The van der Waals surface area contributed by atoms with E-state index in [1.54, 1.807) is 4.90 Å². The minimum absolute atomic E-state index is 0.00150. The van der Waals surface area contributed by atoms with Crippen LogP contribution in [0.1, 0.15) is 38.2 Å². The lowest BCUT2D eigenvalue weighted by Crippen LogP contribution is -2.51. The van der Waals surface area contributed by atoms with Gasteiger partial charge in [0.15, 0.2) is 0 Å². The smallest absolute Gasteiger partial charge is 0.242 e. The van der Waals surface area contributed by atoms with E-state index in [4.69, 9.17) is 0 Å². The maximum absolute atomic E-state index is 12.9. The number of hydrogen-bond donors (Lipinski definition) is 1. The van der Waals surface area contributed by atoms with Gasteiger partial charge in [0, 0.05) is 52.2 Å². The molecule has 0 saturated carbocycles. The minimum atomic E-state index is -0.354. The van der Waals surface area contributed by atoms with Crippen molar-refractivity contribution in [1.29, 1.82) is 0 Å². The Kier molecular flexibility index (Phi) is 7.86. The van der Waals surface area contributed by atoms with Gasteiger partial charge < -0.3 is 15.1 Å². The Morgan fingerprint density at radius 2 is 1.79 bits per heavy atom. The molecule has 6 heteroatoms. The van der Waals surface area contributed by atoms with Crippen molar-refractivity contribution in [3.05, 3.63) is 35.9 Å². The molecule has 1 unspecified atom stereocenters. The second kappa shape index (κ2) is 10.6. The van der Waals surface area contributed by atoms with Gasteiger partial charge in [-0.05, 0) is 24.9 Å². The Bertz CT molecular complexity index is 629. The fourth-order valence-electron chi connectivity index (χ4n) is 4.12. The summed E-state index contributed by atoms with van der Waals surface area (Å²) in [7, 11) is 0. The first kappa shape index (κ1) is 20.8. The molecule has 1 aromatic rings. The molecule has 0 bridgehead atoms. The van der Waals surface area contributed by atoms with Crippen molar-refractivity contribution in [2.24, 2.45) is 0 Å². The van der Waals surface area contributed by atoms with Crippen molar-refractivity contribution < 1.29 is 9.59 Å². The van der Waals surface area contributed by atoms with E-state index in [9.17, 15) is 9.59 Å². The normalized spacial score (nSPS) is 22.1. The van der Waals surface area contributed by atoms with Crippen LogP contribution in [-0.2, 0) is 16.1 Å². The molecule has 2 saturated heterocycles. The van der Waals surface area contributed by atoms with Crippen LogP contribution < -0.4 is 5.32 Å². The number of piperazine rings is 1.